The molecule has 5 heteroatoms. The zero-order valence-electron chi connectivity index (χ0n) is 10.0. The van der Waals surface area contributed by atoms with E-state index in [0.29, 0.717) is 5.56 Å². The lowest BCUT2D eigenvalue weighted by atomic mass is 10.1. The Bertz CT molecular complexity index is 586. The van der Waals surface area contributed by atoms with Gasteiger partial charge >= 0.3 is 0 Å². The van der Waals surface area contributed by atoms with Gasteiger partial charge in [0.05, 0.1) is 0 Å². The van der Waals surface area contributed by atoms with Crippen molar-refractivity contribution in [2.24, 2.45) is 0 Å². The van der Waals surface area contributed by atoms with E-state index in [4.69, 9.17) is 0 Å². The molecule has 1 unspecified atom stereocenters. The standard InChI is InChI=1S/C14H12F2OS2/c15-10-2-1-8(5-11(10)16)14(17)13-6-9-7-18-4-3-12(9)19-13/h1-2,5-6,14,17H,3-4,7H2. The first-order chi connectivity index (χ1) is 9.15. The lowest BCUT2D eigenvalue weighted by Gasteiger charge is -2.09. The molecule has 3 rings (SSSR count). The molecule has 1 atom stereocenters. The van der Waals surface area contributed by atoms with Crippen molar-refractivity contribution in [3.8, 4) is 0 Å². The van der Waals surface area contributed by atoms with Gasteiger partial charge in [-0.05, 0) is 41.5 Å². The normalized spacial score (nSPS) is 16.2. The van der Waals surface area contributed by atoms with Crippen molar-refractivity contribution in [2.75, 3.05) is 5.75 Å². The number of aliphatic hydroxyl groups is 1. The number of aryl methyl sites for hydroxylation is 1. The molecule has 0 spiro atoms. The summed E-state index contributed by atoms with van der Waals surface area (Å²) in [6, 6.07) is 5.53. The van der Waals surface area contributed by atoms with Crippen LogP contribution < -0.4 is 0 Å². The monoisotopic (exact) mass is 298 g/mol. The van der Waals surface area contributed by atoms with Gasteiger partial charge in [0.25, 0.3) is 0 Å². The average molecular weight is 298 g/mol. The average Bonchev–Trinajstić information content (AvgIpc) is 2.85. The zero-order chi connectivity index (χ0) is 13.4. The minimum Gasteiger partial charge on any atom is -0.383 e. The van der Waals surface area contributed by atoms with E-state index in [1.807, 2.05) is 17.8 Å². The van der Waals surface area contributed by atoms with Crippen molar-refractivity contribution in [1.82, 2.24) is 0 Å². The number of fused-ring (bicyclic) bond motifs is 1. The smallest absolute Gasteiger partial charge is 0.159 e. The molecule has 0 aliphatic carbocycles. The van der Waals surface area contributed by atoms with Gasteiger partial charge in [-0.15, -0.1) is 11.3 Å². The molecule has 0 saturated heterocycles. The summed E-state index contributed by atoms with van der Waals surface area (Å²) < 4.78 is 26.1. The Balaban J connectivity index is 1.92. The van der Waals surface area contributed by atoms with Crippen LogP contribution in [-0.2, 0) is 12.2 Å². The molecule has 0 bridgehead atoms. The largest absolute Gasteiger partial charge is 0.383 e. The number of hydrogen-bond donors (Lipinski definition) is 1. The molecule has 1 aliphatic heterocycles. The highest BCUT2D eigenvalue weighted by Gasteiger charge is 2.19. The van der Waals surface area contributed by atoms with Crippen molar-refractivity contribution in [1.29, 1.82) is 0 Å². The number of thioether (sulfide) groups is 1. The molecule has 1 aliphatic rings. The molecule has 0 fully saturated rings. The van der Waals surface area contributed by atoms with Crippen LogP contribution in [0.15, 0.2) is 24.3 Å². The minimum atomic E-state index is -0.923. The molecule has 100 valence electrons. The number of halogens is 2. The van der Waals surface area contributed by atoms with E-state index in [1.54, 1.807) is 11.3 Å². The Morgan fingerprint density at radius 1 is 1.16 bits per heavy atom. The van der Waals surface area contributed by atoms with E-state index in [0.717, 1.165) is 34.9 Å². The van der Waals surface area contributed by atoms with Crippen LogP contribution in [0.2, 0.25) is 0 Å². The summed E-state index contributed by atoms with van der Waals surface area (Å²) in [5.41, 5.74) is 1.66. The maximum absolute atomic E-state index is 13.2. The zero-order valence-corrected chi connectivity index (χ0v) is 11.7. The lowest BCUT2D eigenvalue weighted by molar-refractivity contribution is 0.223. The maximum Gasteiger partial charge on any atom is 0.159 e. The van der Waals surface area contributed by atoms with Crippen molar-refractivity contribution >= 4 is 23.1 Å². The van der Waals surface area contributed by atoms with Gasteiger partial charge in [-0.2, -0.15) is 11.8 Å². The van der Waals surface area contributed by atoms with Gasteiger partial charge < -0.3 is 5.11 Å². The number of hydrogen-bond acceptors (Lipinski definition) is 3. The highest BCUT2D eigenvalue weighted by Crippen LogP contribution is 2.36. The molecular formula is C14H12F2OS2. The second kappa shape index (κ2) is 5.23. The Kier molecular flexibility index (Phi) is 3.60. The molecule has 2 heterocycles. The Morgan fingerprint density at radius 3 is 2.74 bits per heavy atom. The molecular weight excluding hydrogens is 286 g/mol. The first-order valence-corrected chi connectivity index (χ1v) is 7.94. The summed E-state index contributed by atoms with van der Waals surface area (Å²) in [7, 11) is 0. The van der Waals surface area contributed by atoms with Crippen molar-refractivity contribution < 1.29 is 13.9 Å². The first kappa shape index (κ1) is 13.1. The molecule has 0 saturated carbocycles. The van der Waals surface area contributed by atoms with Gasteiger partial charge in [0.2, 0.25) is 0 Å². The Labute approximate surface area is 118 Å². The van der Waals surface area contributed by atoms with Gasteiger partial charge in [0.1, 0.15) is 6.10 Å². The predicted molar refractivity (Wildman–Crippen MR) is 74.6 cm³/mol. The van der Waals surface area contributed by atoms with Crippen LogP contribution in [0.25, 0.3) is 0 Å². The molecule has 2 aromatic rings. The summed E-state index contributed by atoms with van der Waals surface area (Å²) in [6.45, 7) is 0. The van der Waals surface area contributed by atoms with Crippen LogP contribution in [0.1, 0.15) is 27.0 Å². The van der Waals surface area contributed by atoms with Gasteiger partial charge in [0.15, 0.2) is 11.6 Å². The molecule has 1 aromatic heterocycles. The van der Waals surface area contributed by atoms with Gasteiger partial charge in [0, 0.05) is 15.5 Å². The second-order valence-corrected chi connectivity index (χ2v) is 6.75. The third-order valence-corrected chi connectivity index (χ3v) is 5.47. The summed E-state index contributed by atoms with van der Waals surface area (Å²) in [5, 5.41) is 10.3. The highest BCUT2D eigenvalue weighted by molar-refractivity contribution is 7.98. The van der Waals surface area contributed by atoms with Crippen molar-refractivity contribution in [2.45, 2.75) is 18.3 Å². The SMILES string of the molecule is OC(c1ccc(F)c(F)c1)c1cc2c(s1)CCSC2. The van der Waals surface area contributed by atoms with Crippen LogP contribution in [0.5, 0.6) is 0 Å². The molecule has 1 nitrogen and oxygen atoms in total. The van der Waals surface area contributed by atoms with E-state index < -0.39 is 17.7 Å². The minimum absolute atomic E-state index is 0.394. The van der Waals surface area contributed by atoms with E-state index in [9.17, 15) is 13.9 Å². The number of benzene rings is 1. The quantitative estimate of drug-likeness (QED) is 0.907. The summed E-state index contributed by atoms with van der Waals surface area (Å²) in [4.78, 5) is 2.11. The van der Waals surface area contributed by atoms with Crippen LogP contribution in [0, 0.1) is 11.6 Å². The second-order valence-electron chi connectivity index (χ2n) is 4.48. The highest BCUT2D eigenvalue weighted by atomic mass is 32.2. The van der Waals surface area contributed by atoms with Crippen molar-refractivity contribution in [3.05, 3.63) is 56.8 Å². The summed E-state index contributed by atoms with van der Waals surface area (Å²) in [6.07, 6.45) is 0.144. The van der Waals surface area contributed by atoms with E-state index in [1.165, 1.54) is 16.5 Å². The molecule has 19 heavy (non-hydrogen) atoms. The number of aliphatic hydroxyl groups excluding tert-OH is 1. The fourth-order valence-corrected chi connectivity index (χ4v) is 4.54. The topological polar surface area (TPSA) is 20.2 Å². The third kappa shape index (κ3) is 2.55. The Hall–Kier alpha value is -0.910. The van der Waals surface area contributed by atoms with Crippen LogP contribution in [-0.4, -0.2) is 10.9 Å². The molecule has 1 aromatic carbocycles. The summed E-state index contributed by atoms with van der Waals surface area (Å²) >= 11 is 3.45. The Morgan fingerprint density at radius 2 is 2.00 bits per heavy atom. The van der Waals surface area contributed by atoms with Crippen LogP contribution in [0.3, 0.4) is 0 Å². The number of thiophene rings is 1. The van der Waals surface area contributed by atoms with Gasteiger partial charge in [-0.25, -0.2) is 8.78 Å². The third-order valence-electron chi connectivity index (χ3n) is 3.18. The predicted octanol–water partition coefficient (Wildman–Crippen LogP) is 3.90. The van der Waals surface area contributed by atoms with Gasteiger partial charge in [-0.1, -0.05) is 6.07 Å². The van der Waals surface area contributed by atoms with Crippen LogP contribution >= 0.6 is 23.1 Å². The fourth-order valence-electron chi connectivity index (χ4n) is 2.15. The lowest BCUT2D eigenvalue weighted by Crippen LogP contribution is -1.98. The summed E-state index contributed by atoms with van der Waals surface area (Å²) in [5.74, 6) is 0.260. The van der Waals surface area contributed by atoms with E-state index >= 15 is 0 Å². The van der Waals surface area contributed by atoms with E-state index in [-0.39, 0.29) is 0 Å². The molecule has 0 radical (unpaired) electrons. The fraction of sp³-hybridized carbons (Fsp3) is 0.286. The van der Waals surface area contributed by atoms with Crippen LogP contribution in [0.4, 0.5) is 8.78 Å². The first-order valence-electron chi connectivity index (χ1n) is 5.97. The van der Waals surface area contributed by atoms with Gasteiger partial charge in [-0.3, -0.25) is 0 Å². The molecule has 0 amide bonds. The van der Waals surface area contributed by atoms with Crippen molar-refractivity contribution in [3.63, 3.8) is 0 Å². The molecule has 1 N–H and O–H groups in total. The number of rotatable bonds is 2. The van der Waals surface area contributed by atoms with E-state index in [2.05, 4.69) is 0 Å². The maximum atomic E-state index is 13.2.